The van der Waals surface area contributed by atoms with Crippen molar-refractivity contribution < 1.29 is 4.79 Å². The zero-order chi connectivity index (χ0) is 15.1. The normalized spacial score (nSPS) is 14.3. The van der Waals surface area contributed by atoms with E-state index in [0.717, 1.165) is 34.7 Å². The molecule has 0 atom stereocenters. The van der Waals surface area contributed by atoms with Crippen LogP contribution in [0.15, 0.2) is 29.8 Å². The predicted octanol–water partition coefficient (Wildman–Crippen LogP) is 2.23. The largest absolute Gasteiger partial charge is 0.338 e. The maximum absolute atomic E-state index is 12.4. The topological polar surface area (TPSA) is 50.5 Å². The molecule has 0 fully saturated rings. The number of fused-ring (bicyclic) bond motifs is 3. The van der Waals surface area contributed by atoms with Crippen LogP contribution in [-0.4, -0.2) is 31.9 Å². The molecule has 4 rings (SSSR count). The summed E-state index contributed by atoms with van der Waals surface area (Å²) in [5.41, 5.74) is 4.13. The van der Waals surface area contributed by atoms with Gasteiger partial charge in [-0.3, -0.25) is 4.79 Å². The Morgan fingerprint density at radius 3 is 3.18 bits per heavy atom. The fraction of sp³-hybridized carbons (Fsp3) is 0.312. The molecule has 3 aromatic rings. The zero-order valence-corrected chi connectivity index (χ0v) is 13.1. The first-order chi connectivity index (χ1) is 10.7. The van der Waals surface area contributed by atoms with Crippen molar-refractivity contribution in [1.82, 2.24) is 19.5 Å². The van der Waals surface area contributed by atoms with Gasteiger partial charge in [0.15, 0.2) is 5.65 Å². The van der Waals surface area contributed by atoms with E-state index in [-0.39, 0.29) is 5.91 Å². The molecule has 0 aliphatic carbocycles. The lowest BCUT2D eigenvalue weighted by molar-refractivity contribution is -0.131. The molecule has 1 amide bonds. The molecule has 112 valence electrons. The summed E-state index contributed by atoms with van der Waals surface area (Å²) in [4.78, 5) is 19.9. The summed E-state index contributed by atoms with van der Waals surface area (Å²) in [6, 6.07) is 5.98. The molecule has 0 bridgehead atoms. The van der Waals surface area contributed by atoms with Crippen LogP contribution in [0.25, 0.3) is 5.65 Å². The monoisotopic (exact) mass is 312 g/mol. The van der Waals surface area contributed by atoms with Gasteiger partial charge in [-0.05, 0) is 18.4 Å². The summed E-state index contributed by atoms with van der Waals surface area (Å²) < 4.78 is 1.92. The molecule has 0 saturated carbocycles. The van der Waals surface area contributed by atoms with Crippen LogP contribution in [0.1, 0.15) is 21.8 Å². The van der Waals surface area contributed by atoms with Gasteiger partial charge in [0, 0.05) is 42.2 Å². The fourth-order valence-electron chi connectivity index (χ4n) is 2.94. The molecule has 0 aromatic carbocycles. The molecule has 0 radical (unpaired) electrons. The molecule has 0 N–H and O–H groups in total. The standard InChI is InChI=1S/C16H16N4OS/c1-11-7-15-17-9-12-10-19(5-4-14(12)20(15)18-11)16(21)8-13-3-2-6-22-13/h2-3,6-7,9H,4-5,8,10H2,1H3. The number of aromatic nitrogens is 3. The summed E-state index contributed by atoms with van der Waals surface area (Å²) in [7, 11) is 0. The average Bonchev–Trinajstić information content (AvgIpc) is 3.15. The van der Waals surface area contributed by atoms with Crippen LogP contribution >= 0.6 is 11.3 Å². The molecule has 1 aliphatic rings. The van der Waals surface area contributed by atoms with Gasteiger partial charge in [-0.1, -0.05) is 6.07 Å². The lowest BCUT2D eigenvalue weighted by atomic mass is 10.1. The summed E-state index contributed by atoms with van der Waals surface area (Å²) in [5.74, 6) is 0.185. The molecular weight excluding hydrogens is 296 g/mol. The molecule has 0 spiro atoms. The third-order valence-electron chi connectivity index (χ3n) is 4.03. The number of carbonyl (C=O) groups is 1. The van der Waals surface area contributed by atoms with Gasteiger partial charge in [0.25, 0.3) is 0 Å². The highest BCUT2D eigenvalue weighted by Gasteiger charge is 2.23. The fourth-order valence-corrected chi connectivity index (χ4v) is 3.64. The minimum Gasteiger partial charge on any atom is -0.338 e. The van der Waals surface area contributed by atoms with Crippen LogP contribution in [0.5, 0.6) is 0 Å². The highest BCUT2D eigenvalue weighted by molar-refractivity contribution is 7.10. The Morgan fingerprint density at radius 2 is 2.36 bits per heavy atom. The summed E-state index contributed by atoms with van der Waals surface area (Å²) in [6.07, 6.45) is 3.20. The number of aryl methyl sites for hydroxylation is 1. The van der Waals surface area contributed by atoms with Crippen LogP contribution in [0.3, 0.4) is 0 Å². The van der Waals surface area contributed by atoms with Crippen LogP contribution in [-0.2, 0) is 24.2 Å². The van der Waals surface area contributed by atoms with Crippen molar-refractivity contribution in [3.63, 3.8) is 0 Å². The van der Waals surface area contributed by atoms with Crippen molar-refractivity contribution >= 4 is 22.9 Å². The first-order valence-electron chi connectivity index (χ1n) is 7.34. The molecule has 0 unspecified atom stereocenters. The van der Waals surface area contributed by atoms with Crippen LogP contribution < -0.4 is 0 Å². The Labute approximate surface area is 132 Å². The van der Waals surface area contributed by atoms with Crippen LogP contribution in [0.2, 0.25) is 0 Å². The van der Waals surface area contributed by atoms with Gasteiger partial charge >= 0.3 is 0 Å². The SMILES string of the molecule is Cc1cc2ncc3c(n2n1)CCN(C(=O)Cc1cccs1)C3. The first kappa shape index (κ1) is 13.5. The summed E-state index contributed by atoms with van der Waals surface area (Å²) in [5, 5.41) is 6.52. The van der Waals surface area contributed by atoms with E-state index in [2.05, 4.69) is 10.1 Å². The lowest BCUT2D eigenvalue weighted by Gasteiger charge is -2.28. The van der Waals surface area contributed by atoms with Gasteiger partial charge in [0.05, 0.1) is 17.8 Å². The second-order valence-electron chi connectivity index (χ2n) is 5.61. The second-order valence-corrected chi connectivity index (χ2v) is 6.64. The molecule has 5 nitrogen and oxygen atoms in total. The Kier molecular flexibility index (Phi) is 3.18. The number of hydrogen-bond acceptors (Lipinski definition) is 4. The number of rotatable bonds is 2. The summed E-state index contributed by atoms with van der Waals surface area (Å²) >= 11 is 1.63. The van der Waals surface area contributed by atoms with Crippen molar-refractivity contribution in [2.24, 2.45) is 0 Å². The zero-order valence-electron chi connectivity index (χ0n) is 12.3. The molecule has 4 heterocycles. The Morgan fingerprint density at radius 1 is 1.45 bits per heavy atom. The van der Waals surface area contributed by atoms with E-state index in [0.29, 0.717) is 13.0 Å². The third-order valence-corrected chi connectivity index (χ3v) is 4.91. The van der Waals surface area contributed by atoms with Gasteiger partial charge < -0.3 is 4.90 Å². The lowest BCUT2D eigenvalue weighted by Crippen LogP contribution is -2.37. The number of carbonyl (C=O) groups excluding carboxylic acids is 1. The van der Waals surface area contributed by atoms with Gasteiger partial charge in [-0.2, -0.15) is 5.10 Å². The summed E-state index contributed by atoms with van der Waals surface area (Å²) in [6.45, 7) is 3.34. The van der Waals surface area contributed by atoms with Crippen molar-refractivity contribution in [1.29, 1.82) is 0 Å². The van der Waals surface area contributed by atoms with E-state index in [9.17, 15) is 4.79 Å². The molecular formula is C16H16N4OS. The van der Waals surface area contributed by atoms with E-state index in [1.165, 1.54) is 5.69 Å². The number of nitrogens with zero attached hydrogens (tertiary/aromatic N) is 4. The van der Waals surface area contributed by atoms with E-state index in [1.807, 2.05) is 46.1 Å². The van der Waals surface area contributed by atoms with Crippen molar-refractivity contribution in [3.05, 3.63) is 51.6 Å². The van der Waals surface area contributed by atoms with E-state index >= 15 is 0 Å². The van der Waals surface area contributed by atoms with Gasteiger partial charge in [-0.25, -0.2) is 9.50 Å². The molecule has 3 aromatic heterocycles. The molecule has 0 saturated heterocycles. The first-order valence-corrected chi connectivity index (χ1v) is 8.22. The minimum absolute atomic E-state index is 0.185. The number of hydrogen-bond donors (Lipinski definition) is 0. The number of thiophene rings is 1. The highest BCUT2D eigenvalue weighted by Crippen LogP contribution is 2.21. The third kappa shape index (κ3) is 2.29. The van der Waals surface area contributed by atoms with Gasteiger partial charge in [0.2, 0.25) is 5.91 Å². The predicted molar refractivity (Wildman–Crippen MR) is 84.9 cm³/mol. The van der Waals surface area contributed by atoms with Crippen LogP contribution in [0.4, 0.5) is 0 Å². The number of amides is 1. The molecule has 22 heavy (non-hydrogen) atoms. The van der Waals surface area contributed by atoms with Crippen LogP contribution in [0, 0.1) is 6.92 Å². The maximum atomic E-state index is 12.4. The quantitative estimate of drug-likeness (QED) is 0.729. The van der Waals surface area contributed by atoms with Gasteiger partial charge in [0.1, 0.15) is 0 Å². The second kappa shape index (κ2) is 5.21. The van der Waals surface area contributed by atoms with E-state index in [1.54, 1.807) is 11.3 Å². The Balaban J connectivity index is 1.59. The van der Waals surface area contributed by atoms with E-state index < -0.39 is 0 Å². The smallest absolute Gasteiger partial charge is 0.228 e. The van der Waals surface area contributed by atoms with E-state index in [4.69, 9.17) is 0 Å². The maximum Gasteiger partial charge on any atom is 0.228 e. The molecule has 6 heteroatoms. The van der Waals surface area contributed by atoms with Gasteiger partial charge in [-0.15, -0.1) is 11.3 Å². The highest BCUT2D eigenvalue weighted by atomic mass is 32.1. The minimum atomic E-state index is 0.185. The molecule has 1 aliphatic heterocycles. The van der Waals surface area contributed by atoms with Crippen molar-refractivity contribution in [2.45, 2.75) is 26.3 Å². The van der Waals surface area contributed by atoms with Crippen molar-refractivity contribution in [2.75, 3.05) is 6.54 Å². The van der Waals surface area contributed by atoms with Crippen molar-refractivity contribution in [3.8, 4) is 0 Å². The average molecular weight is 312 g/mol. The Hall–Kier alpha value is -2.21. The Bertz CT molecular complexity index is 837.